The van der Waals surface area contributed by atoms with Crippen LogP contribution in [0.15, 0.2) is 36.8 Å². The van der Waals surface area contributed by atoms with E-state index < -0.39 is 18.0 Å². The molecule has 5 nitrogen and oxygen atoms in total. The van der Waals surface area contributed by atoms with Gasteiger partial charge in [-0.15, -0.1) is 0 Å². The number of carbonyl (C=O) groups is 1. The topological polar surface area (TPSA) is 59.8 Å². The molecule has 21 heavy (non-hydrogen) atoms. The van der Waals surface area contributed by atoms with Crippen molar-refractivity contribution < 1.29 is 26.7 Å². The van der Waals surface area contributed by atoms with E-state index in [9.17, 15) is 26.7 Å². The summed E-state index contributed by atoms with van der Waals surface area (Å²) in [5.41, 5.74) is -0.324. The number of halogens is 5. The van der Waals surface area contributed by atoms with Gasteiger partial charge < -0.3 is 5.32 Å². The number of nitrogens with one attached hydrogen (secondary N) is 1. The summed E-state index contributed by atoms with van der Waals surface area (Å²) in [6.45, 7) is 0. The molecule has 0 aliphatic carbocycles. The number of hydrogen-bond donors (Lipinski definition) is 1. The van der Waals surface area contributed by atoms with Crippen molar-refractivity contribution >= 4 is 11.6 Å². The summed E-state index contributed by atoms with van der Waals surface area (Å²) in [4.78, 5) is 14.9. The normalized spacial score (nSPS) is 12.2. The van der Waals surface area contributed by atoms with Crippen molar-refractivity contribution in [2.24, 2.45) is 0 Å². The zero-order valence-corrected chi connectivity index (χ0v) is 10.1. The van der Waals surface area contributed by atoms with Crippen LogP contribution in [0.4, 0.5) is 27.6 Å². The molecule has 0 aliphatic rings. The van der Waals surface area contributed by atoms with Gasteiger partial charge in [-0.2, -0.15) is 27.1 Å². The molecule has 0 spiro atoms. The smallest absolute Gasteiger partial charge is 0.317 e. The molecule has 2 aromatic rings. The van der Waals surface area contributed by atoms with Crippen LogP contribution in [0.3, 0.4) is 0 Å². The Morgan fingerprint density at radius 3 is 2.43 bits per heavy atom. The molecule has 0 saturated heterocycles. The number of anilines is 1. The second-order valence-electron chi connectivity index (χ2n) is 3.85. The van der Waals surface area contributed by atoms with Gasteiger partial charge in [0.15, 0.2) is 5.82 Å². The molecule has 0 saturated carbocycles. The number of nitrogens with zero attached hydrogens (tertiary/aromatic N) is 3. The Balaban J connectivity index is 2.31. The average molecular weight is 306 g/mol. The van der Waals surface area contributed by atoms with E-state index in [2.05, 4.69) is 10.1 Å². The van der Waals surface area contributed by atoms with E-state index in [-0.39, 0.29) is 11.5 Å². The van der Waals surface area contributed by atoms with Crippen LogP contribution in [-0.2, 0) is 4.79 Å². The Kier molecular flexibility index (Phi) is 3.62. The van der Waals surface area contributed by atoms with E-state index in [1.54, 1.807) is 0 Å². The van der Waals surface area contributed by atoms with E-state index in [1.165, 1.54) is 36.0 Å². The van der Waals surface area contributed by atoms with Gasteiger partial charge in [0, 0.05) is 18.6 Å². The Labute approximate surface area is 114 Å². The molecule has 112 valence electrons. The first kappa shape index (κ1) is 14.9. The maximum Gasteiger partial charge on any atom is 0.463 e. The number of pyridine rings is 1. The van der Waals surface area contributed by atoms with Gasteiger partial charge in [0.25, 0.3) is 0 Å². The highest BCUT2D eigenvalue weighted by atomic mass is 19.4. The number of amides is 1. The van der Waals surface area contributed by atoms with Gasteiger partial charge in [-0.1, -0.05) is 0 Å². The second-order valence-corrected chi connectivity index (χ2v) is 3.85. The van der Waals surface area contributed by atoms with Crippen molar-refractivity contribution in [1.29, 1.82) is 0 Å². The zero-order chi connectivity index (χ0) is 15.7. The number of aromatic nitrogens is 3. The molecule has 1 amide bonds. The number of alkyl halides is 5. The molecule has 2 aromatic heterocycles. The van der Waals surface area contributed by atoms with Crippen LogP contribution in [-0.4, -0.2) is 32.8 Å². The highest BCUT2D eigenvalue weighted by Crippen LogP contribution is 2.36. The second kappa shape index (κ2) is 5.11. The zero-order valence-electron chi connectivity index (χ0n) is 10.1. The molecule has 0 aromatic carbocycles. The summed E-state index contributed by atoms with van der Waals surface area (Å²) in [6.07, 6.45) is -1.97. The third-order valence-electron chi connectivity index (χ3n) is 2.40. The SMILES string of the molecule is O=C(Nc1cccnc1-n1cccn1)C(F)(F)C(F)(F)F. The van der Waals surface area contributed by atoms with Gasteiger partial charge in [-0.3, -0.25) is 4.79 Å². The lowest BCUT2D eigenvalue weighted by molar-refractivity contribution is -0.267. The summed E-state index contributed by atoms with van der Waals surface area (Å²) in [5, 5.41) is 5.27. The minimum atomic E-state index is -5.98. The lowest BCUT2D eigenvalue weighted by Crippen LogP contribution is -2.47. The van der Waals surface area contributed by atoms with Gasteiger partial charge in [-0.05, 0) is 18.2 Å². The molecule has 2 heterocycles. The van der Waals surface area contributed by atoms with Crippen LogP contribution in [0, 0.1) is 0 Å². The minimum Gasteiger partial charge on any atom is -0.317 e. The fourth-order valence-corrected chi connectivity index (χ4v) is 1.40. The van der Waals surface area contributed by atoms with Gasteiger partial charge in [0.1, 0.15) is 0 Å². The lowest BCUT2D eigenvalue weighted by atomic mass is 10.3. The first-order valence-corrected chi connectivity index (χ1v) is 5.44. The highest BCUT2D eigenvalue weighted by Gasteiger charge is 2.63. The van der Waals surface area contributed by atoms with Crippen molar-refractivity contribution in [3.8, 4) is 5.82 Å². The minimum absolute atomic E-state index is 0.0891. The van der Waals surface area contributed by atoms with Crippen molar-refractivity contribution in [3.05, 3.63) is 36.8 Å². The third kappa shape index (κ3) is 2.83. The van der Waals surface area contributed by atoms with Gasteiger partial charge in [-0.25, -0.2) is 9.67 Å². The van der Waals surface area contributed by atoms with E-state index in [4.69, 9.17) is 0 Å². The molecule has 0 unspecified atom stereocenters. The van der Waals surface area contributed by atoms with Crippen LogP contribution in [0.1, 0.15) is 0 Å². The molecule has 2 rings (SSSR count). The van der Waals surface area contributed by atoms with E-state index >= 15 is 0 Å². The average Bonchev–Trinajstić information content (AvgIpc) is 2.91. The van der Waals surface area contributed by atoms with Crippen molar-refractivity contribution in [1.82, 2.24) is 14.8 Å². The number of rotatable bonds is 3. The van der Waals surface area contributed by atoms with E-state index in [0.717, 1.165) is 10.7 Å². The Morgan fingerprint density at radius 1 is 1.14 bits per heavy atom. The molecular weight excluding hydrogens is 299 g/mol. The molecule has 0 radical (unpaired) electrons. The van der Waals surface area contributed by atoms with Crippen LogP contribution in [0.2, 0.25) is 0 Å². The Morgan fingerprint density at radius 2 is 1.86 bits per heavy atom. The Bertz CT molecular complexity index is 638. The fraction of sp³-hybridized carbons (Fsp3) is 0.182. The summed E-state index contributed by atoms with van der Waals surface area (Å²) in [5.74, 6) is -8.09. The van der Waals surface area contributed by atoms with Crippen molar-refractivity contribution in [2.75, 3.05) is 5.32 Å². The predicted octanol–water partition coefficient (Wildman–Crippen LogP) is 2.40. The lowest BCUT2D eigenvalue weighted by Gasteiger charge is -2.19. The Hall–Kier alpha value is -2.52. The summed E-state index contributed by atoms with van der Waals surface area (Å²) in [7, 11) is 0. The molecule has 1 N–H and O–H groups in total. The largest absolute Gasteiger partial charge is 0.463 e. The highest BCUT2D eigenvalue weighted by molar-refractivity contribution is 5.97. The van der Waals surface area contributed by atoms with Crippen LogP contribution in [0.25, 0.3) is 5.82 Å². The standard InChI is InChI=1S/C11H7F5N4O/c12-10(13,11(14,15)16)9(21)19-7-3-1-4-17-8(7)20-6-2-5-18-20/h1-6H,(H,19,21). The van der Waals surface area contributed by atoms with Gasteiger partial charge >= 0.3 is 18.0 Å². The van der Waals surface area contributed by atoms with E-state index in [1.807, 2.05) is 0 Å². The molecule has 0 fully saturated rings. The molecule has 0 bridgehead atoms. The maximum atomic E-state index is 12.9. The van der Waals surface area contributed by atoms with E-state index in [0.29, 0.717) is 0 Å². The number of hydrogen-bond acceptors (Lipinski definition) is 3. The monoisotopic (exact) mass is 306 g/mol. The van der Waals surface area contributed by atoms with Crippen LogP contribution in [0.5, 0.6) is 0 Å². The maximum absolute atomic E-state index is 12.9. The first-order valence-electron chi connectivity index (χ1n) is 5.44. The van der Waals surface area contributed by atoms with Crippen molar-refractivity contribution in [2.45, 2.75) is 12.1 Å². The van der Waals surface area contributed by atoms with Crippen LogP contribution < -0.4 is 5.32 Å². The molecule has 10 heteroatoms. The molecular formula is C11H7F5N4O. The first-order chi connectivity index (χ1) is 9.73. The molecule has 0 atom stereocenters. The predicted molar refractivity (Wildman–Crippen MR) is 61.0 cm³/mol. The van der Waals surface area contributed by atoms with Crippen molar-refractivity contribution in [3.63, 3.8) is 0 Å². The molecule has 0 aliphatic heterocycles. The third-order valence-corrected chi connectivity index (χ3v) is 2.40. The van der Waals surface area contributed by atoms with Gasteiger partial charge in [0.05, 0.1) is 5.69 Å². The quantitative estimate of drug-likeness (QED) is 0.886. The number of carbonyl (C=O) groups excluding carboxylic acids is 1. The summed E-state index contributed by atoms with van der Waals surface area (Å²) >= 11 is 0. The fourth-order valence-electron chi connectivity index (χ4n) is 1.40. The van der Waals surface area contributed by atoms with Crippen LogP contribution >= 0.6 is 0 Å². The summed E-state index contributed by atoms with van der Waals surface area (Å²) < 4.78 is 63.3. The summed E-state index contributed by atoms with van der Waals surface area (Å²) in [6, 6.07) is 3.90. The van der Waals surface area contributed by atoms with Gasteiger partial charge in [0.2, 0.25) is 0 Å².